The number of hydrogen-bond acceptors (Lipinski definition) is 4. The second kappa shape index (κ2) is 6.61. The number of ether oxygens (including phenoxy) is 1. The van der Waals surface area contributed by atoms with Gasteiger partial charge < -0.3 is 10.1 Å². The van der Waals surface area contributed by atoms with E-state index in [2.05, 4.69) is 10.0 Å². The molecular weight excluding hydrogens is 252 g/mol. The third-order valence-electron chi connectivity index (χ3n) is 2.20. The van der Waals surface area contributed by atoms with E-state index in [1.54, 1.807) is 12.1 Å². The Morgan fingerprint density at radius 1 is 1.28 bits per heavy atom. The molecule has 0 spiro atoms. The predicted octanol–water partition coefficient (Wildman–Crippen LogP) is 1.89. The van der Waals surface area contributed by atoms with Crippen molar-refractivity contribution in [2.45, 2.75) is 19.9 Å². The van der Waals surface area contributed by atoms with E-state index in [-0.39, 0.29) is 6.04 Å². The summed E-state index contributed by atoms with van der Waals surface area (Å²) in [6.45, 7) is 5.15. The van der Waals surface area contributed by atoms with Crippen molar-refractivity contribution in [3.05, 3.63) is 24.3 Å². The van der Waals surface area contributed by atoms with Crippen LogP contribution in [-0.4, -0.2) is 33.9 Å². The number of nitrogens with one attached hydrogen (secondary N) is 2. The largest absolute Gasteiger partial charge is 0.380 e. The zero-order valence-electron chi connectivity index (χ0n) is 10.9. The smallest absolute Gasteiger partial charge is 0.229 e. The molecule has 1 unspecified atom stereocenters. The molecule has 1 atom stereocenters. The van der Waals surface area contributed by atoms with Gasteiger partial charge in [0.1, 0.15) is 0 Å². The number of hydrogen-bond donors (Lipinski definition) is 2. The Hall–Kier alpha value is -1.27. The van der Waals surface area contributed by atoms with Crippen molar-refractivity contribution in [1.82, 2.24) is 0 Å². The molecule has 1 rings (SSSR count). The molecule has 102 valence electrons. The van der Waals surface area contributed by atoms with Crippen molar-refractivity contribution in [2.24, 2.45) is 0 Å². The lowest BCUT2D eigenvalue weighted by atomic mass is 10.2. The lowest BCUT2D eigenvalue weighted by Gasteiger charge is -2.18. The summed E-state index contributed by atoms with van der Waals surface area (Å²) in [5, 5.41) is 3.22. The van der Waals surface area contributed by atoms with Crippen LogP contribution in [0.1, 0.15) is 13.8 Å². The molecule has 1 aromatic carbocycles. The minimum absolute atomic E-state index is 0.104. The van der Waals surface area contributed by atoms with Gasteiger partial charge in [-0.15, -0.1) is 0 Å². The number of benzene rings is 1. The van der Waals surface area contributed by atoms with E-state index in [9.17, 15) is 8.42 Å². The van der Waals surface area contributed by atoms with Gasteiger partial charge in [-0.3, -0.25) is 4.72 Å². The van der Waals surface area contributed by atoms with Gasteiger partial charge in [0.25, 0.3) is 0 Å². The van der Waals surface area contributed by atoms with Crippen molar-refractivity contribution >= 4 is 21.4 Å². The highest BCUT2D eigenvalue weighted by molar-refractivity contribution is 7.92. The number of anilines is 2. The summed E-state index contributed by atoms with van der Waals surface area (Å²) in [5.74, 6) is 0. The van der Waals surface area contributed by atoms with E-state index in [0.29, 0.717) is 18.9 Å². The first-order valence-electron chi connectivity index (χ1n) is 5.83. The van der Waals surface area contributed by atoms with Crippen LogP contribution in [0, 0.1) is 0 Å². The van der Waals surface area contributed by atoms with Crippen molar-refractivity contribution in [3.63, 3.8) is 0 Å². The normalized spacial score (nSPS) is 13.1. The van der Waals surface area contributed by atoms with Gasteiger partial charge in [0.05, 0.1) is 24.2 Å². The first-order chi connectivity index (χ1) is 8.42. The molecule has 0 radical (unpaired) electrons. The SMILES string of the molecule is CCOCC(C)Nc1ccccc1NS(C)(=O)=O. The van der Waals surface area contributed by atoms with Gasteiger partial charge in [0.15, 0.2) is 0 Å². The first kappa shape index (κ1) is 14.8. The fourth-order valence-electron chi connectivity index (χ4n) is 1.50. The molecule has 0 aliphatic heterocycles. The van der Waals surface area contributed by atoms with Crippen LogP contribution in [0.4, 0.5) is 11.4 Å². The second-order valence-corrected chi connectivity index (χ2v) is 5.87. The molecule has 0 fully saturated rings. The molecule has 18 heavy (non-hydrogen) atoms. The van der Waals surface area contributed by atoms with Gasteiger partial charge in [-0.2, -0.15) is 0 Å². The standard InChI is InChI=1S/C12H20N2O3S/c1-4-17-9-10(2)13-11-7-5-6-8-12(11)14-18(3,15)16/h5-8,10,13-14H,4,9H2,1-3H3. The summed E-state index contributed by atoms with van der Waals surface area (Å²) < 4.78 is 30.3. The molecule has 0 amide bonds. The van der Waals surface area contributed by atoms with Crippen molar-refractivity contribution in [1.29, 1.82) is 0 Å². The van der Waals surface area contributed by atoms with E-state index < -0.39 is 10.0 Å². The van der Waals surface area contributed by atoms with Gasteiger partial charge in [-0.25, -0.2) is 8.42 Å². The van der Waals surface area contributed by atoms with Crippen LogP contribution in [0.15, 0.2) is 24.3 Å². The van der Waals surface area contributed by atoms with Crippen LogP contribution in [0.25, 0.3) is 0 Å². The van der Waals surface area contributed by atoms with Gasteiger partial charge in [-0.1, -0.05) is 12.1 Å². The highest BCUT2D eigenvalue weighted by atomic mass is 32.2. The second-order valence-electron chi connectivity index (χ2n) is 4.12. The summed E-state index contributed by atoms with van der Waals surface area (Å²) in [7, 11) is -3.27. The third-order valence-corrected chi connectivity index (χ3v) is 2.79. The molecule has 0 aliphatic rings. The highest BCUT2D eigenvalue weighted by Crippen LogP contribution is 2.22. The van der Waals surface area contributed by atoms with Crippen LogP contribution in [0.5, 0.6) is 0 Å². The fourth-order valence-corrected chi connectivity index (χ4v) is 2.08. The quantitative estimate of drug-likeness (QED) is 0.795. The molecule has 0 bridgehead atoms. The van der Waals surface area contributed by atoms with E-state index in [1.165, 1.54) is 0 Å². The molecular formula is C12H20N2O3S. The maximum atomic E-state index is 11.2. The number of para-hydroxylation sites is 2. The maximum Gasteiger partial charge on any atom is 0.229 e. The Kier molecular flexibility index (Phi) is 5.43. The molecule has 0 aliphatic carbocycles. The van der Waals surface area contributed by atoms with Crippen LogP contribution >= 0.6 is 0 Å². The maximum absolute atomic E-state index is 11.2. The number of sulfonamides is 1. The molecule has 0 heterocycles. The molecule has 0 saturated heterocycles. The average molecular weight is 272 g/mol. The lowest BCUT2D eigenvalue weighted by Crippen LogP contribution is -2.22. The summed E-state index contributed by atoms with van der Waals surface area (Å²) in [6.07, 6.45) is 1.13. The fraction of sp³-hybridized carbons (Fsp3) is 0.500. The van der Waals surface area contributed by atoms with Gasteiger partial charge in [0, 0.05) is 12.6 Å². The van der Waals surface area contributed by atoms with Crippen molar-refractivity contribution < 1.29 is 13.2 Å². The van der Waals surface area contributed by atoms with Crippen LogP contribution < -0.4 is 10.0 Å². The monoisotopic (exact) mass is 272 g/mol. The van der Waals surface area contributed by atoms with Gasteiger partial charge in [-0.05, 0) is 26.0 Å². The highest BCUT2D eigenvalue weighted by Gasteiger charge is 2.09. The molecule has 0 saturated carbocycles. The summed E-state index contributed by atoms with van der Waals surface area (Å²) >= 11 is 0. The molecule has 5 nitrogen and oxygen atoms in total. The Morgan fingerprint density at radius 2 is 1.89 bits per heavy atom. The predicted molar refractivity (Wildman–Crippen MR) is 74.5 cm³/mol. The number of rotatable bonds is 7. The van der Waals surface area contributed by atoms with E-state index in [4.69, 9.17) is 4.74 Å². The molecule has 1 aromatic rings. The summed E-state index contributed by atoms with van der Waals surface area (Å²) in [5.41, 5.74) is 1.29. The van der Waals surface area contributed by atoms with E-state index in [1.807, 2.05) is 26.0 Å². The molecule has 6 heteroatoms. The first-order valence-corrected chi connectivity index (χ1v) is 7.72. The summed E-state index contributed by atoms with van der Waals surface area (Å²) in [4.78, 5) is 0. The van der Waals surface area contributed by atoms with Crippen molar-refractivity contribution in [3.8, 4) is 0 Å². The van der Waals surface area contributed by atoms with Crippen LogP contribution in [0.2, 0.25) is 0 Å². The average Bonchev–Trinajstić information content (AvgIpc) is 2.27. The molecule has 0 aromatic heterocycles. The molecule has 2 N–H and O–H groups in total. The van der Waals surface area contributed by atoms with Gasteiger partial charge >= 0.3 is 0 Å². The topological polar surface area (TPSA) is 67.4 Å². The Bertz CT molecular complexity index is 474. The summed E-state index contributed by atoms with van der Waals surface area (Å²) in [6, 6.07) is 7.29. The van der Waals surface area contributed by atoms with Crippen molar-refractivity contribution in [2.75, 3.05) is 29.5 Å². The van der Waals surface area contributed by atoms with E-state index >= 15 is 0 Å². The lowest BCUT2D eigenvalue weighted by molar-refractivity contribution is 0.141. The van der Waals surface area contributed by atoms with Crippen LogP contribution in [-0.2, 0) is 14.8 Å². The Morgan fingerprint density at radius 3 is 2.44 bits per heavy atom. The zero-order chi connectivity index (χ0) is 13.6. The minimum Gasteiger partial charge on any atom is -0.380 e. The van der Waals surface area contributed by atoms with E-state index in [0.717, 1.165) is 11.9 Å². The minimum atomic E-state index is -3.27. The zero-order valence-corrected chi connectivity index (χ0v) is 11.8. The van der Waals surface area contributed by atoms with Crippen LogP contribution in [0.3, 0.4) is 0 Å². The van der Waals surface area contributed by atoms with Gasteiger partial charge in [0.2, 0.25) is 10.0 Å². The third kappa shape index (κ3) is 5.37. The Balaban J connectivity index is 2.76. The Labute approximate surface area is 109 Å².